The zero-order chi connectivity index (χ0) is 18.8. The number of benzene rings is 1. The molecule has 0 unspecified atom stereocenters. The minimum absolute atomic E-state index is 0.0755. The van der Waals surface area contributed by atoms with Crippen molar-refractivity contribution < 1.29 is 19.4 Å². The van der Waals surface area contributed by atoms with Crippen molar-refractivity contribution in [3.8, 4) is 0 Å². The van der Waals surface area contributed by atoms with Gasteiger partial charge in [0, 0.05) is 17.9 Å². The van der Waals surface area contributed by atoms with Crippen molar-refractivity contribution in [3.05, 3.63) is 58.9 Å². The number of hydrogen-bond acceptors (Lipinski definition) is 3. The molecule has 1 aliphatic rings. The summed E-state index contributed by atoms with van der Waals surface area (Å²) in [5.41, 5.74) is 3.69. The number of aromatic nitrogens is 1. The van der Waals surface area contributed by atoms with Gasteiger partial charge in [-0.25, -0.2) is 4.79 Å². The molecular formula is C20H24N2O4. The van der Waals surface area contributed by atoms with Gasteiger partial charge in [0.05, 0.1) is 24.8 Å². The zero-order valence-electron chi connectivity index (χ0n) is 15.3. The highest BCUT2D eigenvalue weighted by molar-refractivity contribution is 5.96. The van der Waals surface area contributed by atoms with Crippen molar-refractivity contribution in [1.29, 1.82) is 0 Å². The minimum Gasteiger partial charge on any atom is -0.479 e. The molecule has 1 N–H and O–H groups in total. The van der Waals surface area contributed by atoms with E-state index in [1.807, 2.05) is 38.1 Å². The third kappa shape index (κ3) is 3.37. The van der Waals surface area contributed by atoms with Gasteiger partial charge in [-0.3, -0.25) is 4.79 Å². The Kier molecular flexibility index (Phi) is 5.13. The van der Waals surface area contributed by atoms with Crippen molar-refractivity contribution in [2.75, 3.05) is 19.7 Å². The number of aryl methyl sites for hydroxylation is 1. The second kappa shape index (κ2) is 7.33. The lowest BCUT2D eigenvalue weighted by Gasteiger charge is -2.31. The smallest absolute Gasteiger partial charge is 0.334 e. The second-order valence-corrected chi connectivity index (χ2v) is 6.69. The van der Waals surface area contributed by atoms with Gasteiger partial charge >= 0.3 is 5.97 Å². The number of carboxylic acids is 1. The van der Waals surface area contributed by atoms with Crippen molar-refractivity contribution in [2.45, 2.75) is 32.9 Å². The molecule has 2 heterocycles. The topological polar surface area (TPSA) is 71.8 Å². The lowest BCUT2D eigenvalue weighted by atomic mass is 10.1. The molecule has 2 aromatic rings. The maximum absolute atomic E-state index is 13.0. The molecule has 3 rings (SSSR count). The van der Waals surface area contributed by atoms with Gasteiger partial charge in [0.2, 0.25) is 0 Å². The number of hydrogen-bond donors (Lipinski definition) is 1. The molecule has 138 valence electrons. The van der Waals surface area contributed by atoms with Crippen LogP contribution >= 0.6 is 0 Å². The van der Waals surface area contributed by atoms with E-state index < -0.39 is 12.1 Å². The molecule has 0 aliphatic carbocycles. The van der Waals surface area contributed by atoms with Gasteiger partial charge < -0.3 is 19.3 Å². The Balaban J connectivity index is 1.88. The molecular weight excluding hydrogens is 332 g/mol. The second-order valence-electron chi connectivity index (χ2n) is 6.69. The Labute approximate surface area is 153 Å². The Hall–Kier alpha value is -2.60. The van der Waals surface area contributed by atoms with Crippen molar-refractivity contribution >= 4 is 11.9 Å². The van der Waals surface area contributed by atoms with Crippen LogP contribution in [0.15, 0.2) is 36.4 Å². The zero-order valence-corrected chi connectivity index (χ0v) is 15.3. The van der Waals surface area contributed by atoms with Crippen molar-refractivity contribution in [3.63, 3.8) is 0 Å². The summed E-state index contributed by atoms with van der Waals surface area (Å²) in [4.78, 5) is 25.7. The van der Waals surface area contributed by atoms with Crippen LogP contribution in [0.4, 0.5) is 0 Å². The van der Waals surface area contributed by atoms with Crippen molar-refractivity contribution in [1.82, 2.24) is 9.47 Å². The number of rotatable bonds is 4. The Morgan fingerprint density at radius 3 is 2.58 bits per heavy atom. The van der Waals surface area contributed by atoms with E-state index in [1.54, 1.807) is 4.90 Å². The van der Waals surface area contributed by atoms with Gasteiger partial charge in [0.1, 0.15) is 0 Å². The van der Waals surface area contributed by atoms with Crippen LogP contribution in [-0.2, 0) is 9.53 Å². The van der Waals surface area contributed by atoms with E-state index in [0.717, 1.165) is 11.4 Å². The fraction of sp³-hybridized carbons (Fsp3) is 0.400. The number of carbonyl (C=O) groups is 2. The lowest BCUT2D eigenvalue weighted by Crippen LogP contribution is -2.48. The summed E-state index contributed by atoms with van der Waals surface area (Å²) in [6, 6.07) is 12.1. The maximum Gasteiger partial charge on any atom is 0.334 e. The molecule has 6 nitrogen and oxygen atoms in total. The molecule has 6 heteroatoms. The molecule has 0 spiro atoms. The number of morpholine rings is 1. The molecule has 1 aromatic carbocycles. The first-order chi connectivity index (χ1) is 12.4. The third-order valence-electron chi connectivity index (χ3n) is 5.01. The average molecular weight is 356 g/mol. The van der Waals surface area contributed by atoms with Crippen LogP contribution in [0.5, 0.6) is 0 Å². The molecule has 2 atom stereocenters. The number of carbonyl (C=O) groups excluding carboxylic acids is 1. The summed E-state index contributed by atoms with van der Waals surface area (Å²) in [5.74, 6) is -1.18. The van der Waals surface area contributed by atoms with Crippen LogP contribution in [-0.4, -0.2) is 52.3 Å². The number of aliphatic carboxylic acids is 1. The van der Waals surface area contributed by atoms with E-state index in [1.165, 1.54) is 5.56 Å². The molecule has 0 radical (unpaired) electrons. The molecule has 26 heavy (non-hydrogen) atoms. The van der Waals surface area contributed by atoms with E-state index in [4.69, 9.17) is 9.84 Å². The van der Waals surface area contributed by atoms with E-state index in [0.29, 0.717) is 12.1 Å². The predicted octanol–water partition coefficient (Wildman–Crippen LogP) is 2.64. The number of nitrogens with zero attached hydrogens (tertiary/aromatic N) is 2. The molecule has 1 fully saturated rings. The van der Waals surface area contributed by atoms with Gasteiger partial charge in [-0.15, -0.1) is 0 Å². The first kappa shape index (κ1) is 18.2. The Morgan fingerprint density at radius 1 is 1.23 bits per heavy atom. The van der Waals surface area contributed by atoms with Crippen LogP contribution in [0.1, 0.15) is 40.3 Å². The summed E-state index contributed by atoms with van der Waals surface area (Å²) in [6.07, 6.45) is -0.959. The molecule has 1 saturated heterocycles. The summed E-state index contributed by atoms with van der Waals surface area (Å²) in [5, 5.41) is 9.14. The van der Waals surface area contributed by atoms with Crippen LogP contribution in [0.25, 0.3) is 0 Å². The van der Waals surface area contributed by atoms with Crippen LogP contribution in [0, 0.1) is 13.8 Å². The predicted molar refractivity (Wildman–Crippen MR) is 97.4 cm³/mol. The highest BCUT2D eigenvalue weighted by Gasteiger charge is 2.31. The normalized spacial score (nSPS) is 18.6. The van der Waals surface area contributed by atoms with Gasteiger partial charge in [0.15, 0.2) is 6.10 Å². The van der Waals surface area contributed by atoms with E-state index in [2.05, 4.69) is 23.6 Å². The summed E-state index contributed by atoms with van der Waals surface area (Å²) in [6.45, 7) is 6.75. The molecule has 1 amide bonds. The maximum atomic E-state index is 13.0. The van der Waals surface area contributed by atoms with Crippen LogP contribution in [0.3, 0.4) is 0 Å². The quantitative estimate of drug-likeness (QED) is 0.914. The summed E-state index contributed by atoms with van der Waals surface area (Å²) < 4.78 is 7.36. The van der Waals surface area contributed by atoms with Crippen LogP contribution < -0.4 is 0 Å². The molecule has 1 aliphatic heterocycles. The lowest BCUT2D eigenvalue weighted by molar-refractivity contribution is -0.154. The highest BCUT2D eigenvalue weighted by atomic mass is 16.5. The van der Waals surface area contributed by atoms with Gasteiger partial charge in [-0.1, -0.05) is 30.3 Å². The number of ether oxygens (including phenoxy) is 1. The highest BCUT2D eigenvalue weighted by Crippen LogP contribution is 2.26. The Morgan fingerprint density at radius 2 is 1.92 bits per heavy atom. The minimum atomic E-state index is -1.04. The average Bonchev–Trinajstić information content (AvgIpc) is 2.95. The fourth-order valence-corrected chi connectivity index (χ4v) is 3.62. The molecule has 1 aromatic heterocycles. The third-order valence-corrected chi connectivity index (χ3v) is 5.01. The fourth-order valence-electron chi connectivity index (χ4n) is 3.62. The number of amides is 1. The largest absolute Gasteiger partial charge is 0.479 e. The SMILES string of the molecule is Cc1cc(C(=O)N2CCO[C@@H](C(=O)O)C2)c(C)n1[C@@H](C)c1ccccc1. The molecule has 0 saturated carbocycles. The van der Waals surface area contributed by atoms with Gasteiger partial charge in [0.25, 0.3) is 5.91 Å². The number of carboxylic acid groups (broad SMARTS) is 1. The first-order valence-corrected chi connectivity index (χ1v) is 8.77. The molecule has 0 bridgehead atoms. The summed E-state index contributed by atoms with van der Waals surface area (Å²) in [7, 11) is 0. The van der Waals surface area contributed by atoms with Crippen LogP contribution in [0.2, 0.25) is 0 Å². The Bertz CT molecular complexity index is 813. The van der Waals surface area contributed by atoms with Gasteiger partial charge in [-0.2, -0.15) is 0 Å². The van der Waals surface area contributed by atoms with E-state index in [-0.39, 0.29) is 25.1 Å². The van der Waals surface area contributed by atoms with E-state index >= 15 is 0 Å². The standard InChI is InChI=1S/C20H24N2O4/c1-13-11-17(19(23)21-9-10-26-18(12-21)20(24)25)15(3)22(13)14(2)16-7-5-4-6-8-16/h4-8,11,14,18H,9-10,12H2,1-3H3,(H,24,25)/t14-,18+/m0/s1. The monoisotopic (exact) mass is 356 g/mol. The first-order valence-electron chi connectivity index (χ1n) is 8.77. The van der Waals surface area contributed by atoms with E-state index in [9.17, 15) is 9.59 Å². The van der Waals surface area contributed by atoms with Crippen molar-refractivity contribution in [2.24, 2.45) is 0 Å². The van der Waals surface area contributed by atoms with Gasteiger partial charge in [-0.05, 0) is 32.4 Å². The summed E-state index contributed by atoms with van der Waals surface area (Å²) >= 11 is 0.